The van der Waals surface area contributed by atoms with Gasteiger partial charge in [-0.3, -0.25) is 29.4 Å². The van der Waals surface area contributed by atoms with Crippen LogP contribution in [-0.4, -0.2) is 57.7 Å². The lowest BCUT2D eigenvalue weighted by atomic mass is 10.0. The zero-order chi connectivity index (χ0) is 20.7. The van der Waals surface area contributed by atoms with Crippen molar-refractivity contribution < 1.29 is 19.2 Å². The van der Waals surface area contributed by atoms with Gasteiger partial charge in [0.2, 0.25) is 11.8 Å². The number of hydrogen-bond donors (Lipinski definition) is 1. The van der Waals surface area contributed by atoms with Crippen LogP contribution in [0.1, 0.15) is 39.4 Å². The van der Waals surface area contributed by atoms with Crippen molar-refractivity contribution in [2.24, 2.45) is 0 Å². The number of amides is 4. The van der Waals surface area contributed by atoms with E-state index in [1.165, 1.54) is 0 Å². The van der Waals surface area contributed by atoms with E-state index in [-0.39, 0.29) is 18.4 Å². The number of fused-ring (bicyclic) bond motifs is 1. The fraction of sp³-hybridized carbons (Fsp3) is 0.350. The van der Waals surface area contributed by atoms with E-state index in [4.69, 9.17) is 0 Å². The molecule has 1 saturated heterocycles. The molecule has 0 saturated carbocycles. The summed E-state index contributed by atoms with van der Waals surface area (Å²) in [6, 6.07) is 4.15. The van der Waals surface area contributed by atoms with Gasteiger partial charge < -0.3 is 9.47 Å². The Kier molecular flexibility index (Phi) is 4.65. The molecule has 4 rings (SSSR count). The third-order valence-corrected chi connectivity index (χ3v) is 5.46. The molecule has 0 bridgehead atoms. The van der Waals surface area contributed by atoms with Crippen molar-refractivity contribution >= 4 is 29.3 Å². The molecule has 2 aromatic rings. The molecule has 0 radical (unpaired) electrons. The maximum Gasteiger partial charge on any atom is 0.264 e. The number of carbonyl (C=O) groups excluding carboxylic acids is 4. The predicted octanol–water partition coefficient (Wildman–Crippen LogP) is 0.729. The van der Waals surface area contributed by atoms with Gasteiger partial charge in [0.1, 0.15) is 11.9 Å². The Morgan fingerprint density at radius 3 is 2.69 bits per heavy atom. The number of carbonyl (C=O) groups is 4. The van der Waals surface area contributed by atoms with Crippen molar-refractivity contribution in [2.45, 2.75) is 32.4 Å². The van der Waals surface area contributed by atoms with Crippen LogP contribution >= 0.6 is 0 Å². The van der Waals surface area contributed by atoms with Crippen molar-refractivity contribution in [3.63, 3.8) is 0 Å². The molecule has 3 heterocycles. The quantitative estimate of drug-likeness (QED) is 0.749. The van der Waals surface area contributed by atoms with E-state index < -0.39 is 29.7 Å². The smallest absolute Gasteiger partial charge is 0.264 e. The molecule has 2 aliphatic rings. The third kappa shape index (κ3) is 3.18. The van der Waals surface area contributed by atoms with Gasteiger partial charge in [-0.2, -0.15) is 0 Å². The van der Waals surface area contributed by atoms with Gasteiger partial charge in [-0.25, -0.2) is 4.98 Å². The number of anilines is 1. The highest BCUT2D eigenvalue weighted by Gasteiger charge is 2.45. The number of benzene rings is 1. The molecule has 1 aromatic carbocycles. The van der Waals surface area contributed by atoms with E-state index in [0.717, 1.165) is 10.7 Å². The largest absolute Gasteiger partial charge is 0.372 e. The molecule has 1 unspecified atom stereocenters. The lowest BCUT2D eigenvalue weighted by Gasteiger charge is -2.28. The summed E-state index contributed by atoms with van der Waals surface area (Å²) < 4.78 is 2.00. The summed E-state index contributed by atoms with van der Waals surface area (Å²) >= 11 is 0. The second kappa shape index (κ2) is 7.16. The molecule has 1 fully saturated rings. The monoisotopic (exact) mass is 395 g/mol. The molecular weight excluding hydrogens is 374 g/mol. The van der Waals surface area contributed by atoms with Crippen molar-refractivity contribution in [1.29, 1.82) is 0 Å². The van der Waals surface area contributed by atoms with E-state index in [1.54, 1.807) is 24.4 Å². The van der Waals surface area contributed by atoms with Crippen molar-refractivity contribution in [2.75, 3.05) is 18.5 Å². The summed E-state index contributed by atoms with van der Waals surface area (Å²) in [5.41, 5.74) is 1.21. The molecule has 0 spiro atoms. The maximum absolute atomic E-state index is 13.1. The van der Waals surface area contributed by atoms with Gasteiger partial charge in [-0.1, -0.05) is 6.07 Å². The van der Waals surface area contributed by atoms with Crippen LogP contribution < -0.4 is 10.2 Å². The Morgan fingerprint density at radius 2 is 2.00 bits per heavy atom. The molecule has 29 heavy (non-hydrogen) atoms. The van der Waals surface area contributed by atoms with E-state index in [1.807, 2.05) is 29.6 Å². The lowest BCUT2D eigenvalue weighted by molar-refractivity contribution is -0.136. The van der Waals surface area contributed by atoms with Crippen LogP contribution in [0.5, 0.6) is 0 Å². The first-order chi connectivity index (χ1) is 13.9. The van der Waals surface area contributed by atoms with Gasteiger partial charge in [0.05, 0.1) is 16.8 Å². The summed E-state index contributed by atoms with van der Waals surface area (Å²) in [5.74, 6) is -1.10. The van der Waals surface area contributed by atoms with E-state index in [2.05, 4.69) is 10.3 Å². The molecule has 9 heteroatoms. The summed E-state index contributed by atoms with van der Waals surface area (Å²) in [5, 5.41) is 2.21. The van der Waals surface area contributed by atoms with Crippen LogP contribution in [0.3, 0.4) is 0 Å². The molecule has 9 nitrogen and oxygen atoms in total. The number of imide groups is 2. The highest BCUT2D eigenvalue weighted by molar-refractivity contribution is 6.25. The zero-order valence-corrected chi connectivity index (χ0v) is 16.2. The second-order valence-corrected chi connectivity index (χ2v) is 7.24. The number of piperidine rings is 1. The SMILES string of the molecule is Cc1nccn1CCN(C)c1cccc2c1C(=O)N(C1CCC(=O)NC1=O)C2=O. The molecule has 150 valence electrons. The summed E-state index contributed by atoms with van der Waals surface area (Å²) in [4.78, 5) is 56.8. The Morgan fingerprint density at radius 1 is 1.21 bits per heavy atom. The summed E-state index contributed by atoms with van der Waals surface area (Å²) in [6.45, 7) is 3.19. The van der Waals surface area contributed by atoms with Crippen molar-refractivity contribution in [3.8, 4) is 0 Å². The molecule has 2 aliphatic heterocycles. The Bertz CT molecular complexity index is 1030. The number of likely N-dealkylation sites (N-methyl/N-ethyl adjacent to an activating group) is 1. The fourth-order valence-electron chi connectivity index (χ4n) is 3.83. The zero-order valence-electron chi connectivity index (χ0n) is 16.2. The van der Waals surface area contributed by atoms with Crippen LogP contribution in [0.2, 0.25) is 0 Å². The summed E-state index contributed by atoms with van der Waals surface area (Å²) in [7, 11) is 1.86. The minimum absolute atomic E-state index is 0.0980. The molecule has 0 aliphatic carbocycles. The van der Waals surface area contributed by atoms with Crippen LogP contribution in [0.4, 0.5) is 5.69 Å². The Balaban J connectivity index is 1.60. The predicted molar refractivity (Wildman–Crippen MR) is 103 cm³/mol. The number of nitrogens with zero attached hydrogens (tertiary/aromatic N) is 4. The lowest BCUT2D eigenvalue weighted by Crippen LogP contribution is -2.54. The van der Waals surface area contributed by atoms with Gasteiger partial charge in [0, 0.05) is 39.0 Å². The number of aromatic nitrogens is 2. The second-order valence-electron chi connectivity index (χ2n) is 7.24. The number of imidazole rings is 1. The van der Waals surface area contributed by atoms with Gasteiger partial charge in [0.15, 0.2) is 0 Å². The average molecular weight is 395 g/mol. The van der Waals surface area contributed by atoms with Gasteiger partial charge in [0.25, 0.3) is 11.8 Å². The number of nitrogens with one attached hydrogen (secondary N) is 1. The van der Waals surface area contributed by atoms with Crippen molar-refractivity contribution in [3.05, 3.63) is 47.5 Å². The van der Waals surface area contributed by atoms with Gasteiger partial charge in [-0.05, 0) is 25.5 Å². The summed E-state index contributed by atoms with van der Waals surface area (Å²) in [6.07, 6.45) is 3.86. The van der Waals surface area contributed by atoms with Gasteiger partial charge in [-0.15, -0.1) is 0 Å². The molecule has 4 amide bonds. The van der Waals surface area contributed by atoms with E-state index in [0.29, 0.717) is 24.3 Å². The number of hydrogen-bond acceptors (Lipinski definition) is 6. The van der Waals surface area contributed by atoms with Crippen LogP contribution in [-0.2, 0) is 16.1 Å². The van der Waals surface area contributed by atoms with Crippen LogP contribution in [0, 0.1) is 6.92 Å². The highest BCUT2D eigenvalue weighted by atomic mass is 16.2. The highest BCUT2D eigenvalue weighted by Crippen LogP contribution is 2.33. The fourth-order valence-corrected chi connectivity index (χ4v) is 3.83. The van der Waals surface area contributed by atoms with E-state index >= 15 is 0 Å². The first-order valence-corrected chi connectivity index (χ1v) is 9.42. The minimum atomic E-state index is -0.966. The topological polar surface area (TPSA) is 105 Å². The molecular formula is C20H21N5O4. The van der Waals surface area contributed by atoms with Crippen molar-refractivity contribution in [1.82, 2.24) is 19.8 Å². The number of aryl methyl sites for hydroxylation is 1. The Labute approximate surface area is 167 Å². The third-order valence-electron chi connectivity index (χ3n) is 5.46. The van der Waals surface area contributed by atoms with E-state index in [9.17, 15) is 19.2 Å². The average Bonchev–Trinajstić information content (AvgIpc) is 3.21. The normalized spacial score (nSPS) is 18.8. The molecule has 1 atom stereocenters. The van der Waals surface area contributed by atoms with Crippen LogP contribution in [0.25, 0.3) is 0 Å². The van der Waals surface area contributed by atoms with Gasteiger partial charge >= 0.3 is 0 Å². The minimum Gasteiger partial charge on any atom is -0.372 e. The first kappa shape index (κ1) is 18.9. The maximum atomic E-state index is 13.1. The molecule has 1 N–H and O–H groups in total. The first-order valence-electron chi connectivity index (χ1n) is 9.42. The number of rotatable bonds is 5. The Hall–Kier alpha value is -3.49. The standard InChI is InChI=1S/C20H21N5O4/c1-12-21-8-9-24(12)11-10-23(2)14-5-3-4-13-17(14)20(29)25(19(13)28)15-6-7-16(26)22-18(15)27/h3-5,8-9,15H,6-7,10-11H2,1-2H3,(H,22,26,27). The van der Waals surface area contributed by atoms with Crippen LogP contribution in [0.15, 0.2) is 30.6 Å². The molecule has 1 aromatic heterocycles.